The van der Waals surface area contributed by atoms with Gasteiger partial charge in [-0.1, -0.05) is 6.07 Å². The lowest BCUT2D eigenvalue weighted by molar-refractivity contribution is 0.106. The molecule has 1 aromatic heterocycles. The lowest BCUT2D eigenvalue weighted by atomic mass is 10.2. The summed E-state index contributed by atoms with van der Waals surface area (Å²) in [6.45, 7) is 4.47. The highest BCUT2D eigenvalue weighted by Gasteiger charge is 2.05. The van der Waals surface area contributed by atoms with Crippen molar-refractivity contribution in [3.05, 3.63) is 29.6 Å². The molecule has 0 saturated carbocycles. The predicted octanol–water partition coefficient (Wildman–Crippen LogP) is 0.704. The van der Waals surface area contributed by atoms with E-state index < -0.39 is 0 Å². The standard InChI is InChI=1S/C13H21N5OS/c1-9-5-4-7-15-11(9)6-8-16-13(18-12(14)20)17-10(2)19-3/h4-5,7,10H,6,8H2,1-3H3,(H4,14,16,17,18,20). The van der Waals surface area contributed by atoms with E-state index in [1.54, 1.807) is 13.3 Å². The van der Waals surface area contributed by atoms with Crippen molar-refractivity contribution in [1.29, 1.82) is 0 Å². The molecule has 0 aliphatic heterocycles. The molecule has 7 heteroatoms. The van der Waals surface area contributed by atoms with E-state index in [2.05, 4.69) is 20.6 Å². The highest BCUT2D eigenvalue weighted by atomic mass is 32.1. The Hall–Kier alpha value is -1.73. The van der Waals surface area contributed by atoms with Gasteiger partial charge in [-0.05, 0) is 37.7 Å². The maximum Gasteiger partial charge on any atom is 0.199 e. The summed E-state index contributed by atoms with van der Waals surface area (Å²) in [6, 6.07) is 3.95. The van der Waals surface area contributed by atoms with Gasteiger partial charge in [0.2, 0.25) is 0 Å². The number of hydrogen-bond acceptors (Lipinski definition) is 4. The van der Waals surface area contributed by atoms with Crippen LogP contribution in [0.25, 0.3) is 0 Å². The van der Waals surface area contributed by atoms with Gasteiger partial charge in [-0.25, -0.2) is 0 Å². The second-order valence-electron chi connectivity index (χ2n) is 4.26. The van der Waals surface area contributed by atoms with Crippen molar-refractivity contribution in [2.45, 2.75) is 26.5 Å². The van der Waals surface area contributed by atoms with Crippen LogP contribution in [-0.4, -0.2) is 35.9 Å². The van der Waals surface area contributed by atoms with E-state index in [1.807, 2.05) is 26.0 Å². The predicted molar refractivity (Wildman–Crippen MR) is 84.5 cm³/mol. The first-order valence-corrected chi connectivity index (χ1v) is 6.74. The molecule has 1 atom stereocenters. The Morgan fingerprint density at radius 2 is 2.35 bits per heavy atom. The summed E-state index contributed by atoms with van der Waals surface area (Å²) in [6.07, 6.45) is 2.34. The van der Waals surface area contributed by atoms with Crippen molar-refractivity contribution in [2.75, 3.05) is 13.7 Å². The summed E-state index contributed by atoms with van der Waals surface area (Å²) < 4.78 is 5.12. The van der Waals surface area contributed by atoms with Crippen LogP contribution in [0.15, 0.2) is 23.3 Å². The summed E-state index contributed by atoms with van der Waals surface area (Å²) in [5.74, 6) is 0.500. The Balaban J connectivity index is 2.62. The van der Waals surface area contributed by atoms with E-state index >= 15 is 0 Å². The van der Waals surface area contributed by atoms with Gasteiger partial charge in [0.05, 0.1) is 0 Å². The number of nitrogens with zero attached hydrogens (tertiary/aromatic N) is 2. The van der Waals surface area contributed by atoms with Crippen LogP contribution in [0.3, 0.4) is 0 Å². The monoisotopic (exact) mass is 295 g/mol. The Morgan fingerprint density at radius 3 is 2.95 bits per heavy atom. The van der Waals surface area contributed by atoms with Gasteiger partial charge in [0.1, 0.15) is 6.23 Å². The lowest BCUT2D eigenvalue weighted by Crippen LogP contribution is -2.47. The number of ether oxygens (including phenoxy) is 1. The third-order valence-corrected chi connectivity index (χ3v) is 2.77. The minimum atomic E-state index is -0.188. The van der Waals surface area contributed by atoms with Crippen molar-refractivity contribution in [1.82, 2.24) is 15.6 Å². The number of guanidine groups is 1. The molecule has 0 aliphatic rings. The molecule has 1 heterocycles. The van der Waals surface area contributed by atoms with Crippen LogP contribution in [0.5, 0.6) is 0 Å². The van der Waals surface area contributed by atoms with Gasteiger partial charge in [-0.3, -0.25) is 9.98 Å². The summed E-state index contributed by atoms with van der Waals surface area (Å²) >= 11 is 4.82. The van der Waals surface area contributed by atoms with Gasteiger partial charge < -0.3 is 21.1 Å². The summed E-state index contributed by atoms with van der Waals surface area (Å²) in [7, 11) is 1.60. The van der Waals surface area contributed by atoms with Gasteiger partial charge >= 0.3 is 0 Å². The first kappa shape index (κ1) is 16.3. The fourth-order valence-electron chi connectivity index (χ4n) is 1.54. The minimum Gasteiger partial charge on any atom is -0.376 e. The molecule has 1 aromatic rings. The van der Waals surface area contributed by atoms with Crippen LogP contribution in [0, 0.1) is 6.92 Å². The number of aliphatic imine (C=N–C) groups is 1. The summed E-state index contributed by atoms with van der Waals surface area (Å²) in [4.78, 5) is 8.72. The zero-order valence-corrected chi connectivity index (χ0v) is 12.8. The molecule has 0 spiro atoms. The summed E-state index contributed by atoms with van der Waals surface area (Å²) in [5, 5.41) is 5.98. The van der Waals surface area contributed by atoms with Crippen LogP contribution in [0.1, 0.15) is 18.2 Å². The Kier molecular flexibility index (Phi) is 6.89. The highest BCUT2D eigenvalue weighted by Crippen LogP contribution is 2.03. The largest absolute Gasteiger partial charge is 0.376 e. The molecule has 0 amide bonds. The normalized spacial score (nSPS) is 12.8. The first-order valence-electron chi connectivity index (χ1n) is 6.33. The van der Waals surface area contributed by atoms with Crippen LogP contribution in [-0.2, 0) is 11.2 Å². The minimum absolute atomic E-state index is 0.161. The van der Waals surface area contributed by atoms with Crippen LogP contribution in [0.4, 0.5) is 0 Å². The Bertz CT molecular complexity index is 478. The van der Waals surface area contributed by atoms with Crippen LogP contribution in [0.2, 0.25) is 0 Å². The molecular weight excluding hydrogens is 274 g/mol. The third kappa shape index (κ3) is 5.94. The van der Waals surface area contributed by atoms with E-state index in [1.165, 1.54) is 0 Å². The molecule has 6 nitrogen and oxygen atoms in total. The smallest absolute Gasteiger partial charge is 0.199 e. The molecule has 0 fully saturated rings. The maximum absolute atomic E-state index is 5.46. The molecule has 110 valence electrons. The van der Waals surface area contributed by atoms with Gasteiger partial charge in [0.15, 0.2) is 11.1 Å². The number of methoxy groups -OCH3 is 1. The maximum atomic E-state index is 5.46. The topological polar surface area (TPSA) is 84.6 Å². The zero-order chi connectivity index (χ0) is 15.0. The van der Waals surface area contributed by atoms with Crippen molar-refractivity contribution in [3.8, 4) is 0 Å². The average Bonchev–Trinajstić information content (AvgIpc) is 2.40. The van der Waals surface area contributed by atoms with Gasteiger partial charge in [0, 0.05) is 32.0 Å². The van der Waals surface area contributed by atoms with E-state index in [0.29, 0.717) is 12.5 Å². The molecular formula is C13H21N5OS. The van der Waals surface area contributed by atoms with Crippen molar-refractivity contribution in [3.63, 3.8) is 0 Å². The van der Waals surface area contributed by atoms with Gasteiger partial charge in [0.25, 0.3) is 0 Å². The van der Waals surface area contributed by atoms with Crippen LogP contribution >= 0.6 is 12.2 Å². The first-order chi connectivity index (χ1) is 9.52. The average molecular weight is 295 g/mol. The molecule has 0 saturated heterocycles. The number of pyridine rings is 1. The highest BCUT2D eigenvalue weighted by molar-refractivity contribution is 7.80. The van der Waals surface area contributed by atoms with Crippen LogP contribution < -0.4 is 16.4 Å². The molecule has 0 aliphatic carbocycles. The molecule has 4 N–H and O–H groups in total. The van der Waals surface area contributed by atoms with Gasteiger partial charge in [-0.15, -0.1) is 0 Å². The molecule has 1 rings (SSSR count). The van der Waals surface area contributed by atoms with E-state index in [9.17, 15) is 0 Å². The second-order valence-corrected chi connectivity index (χ2v) is 4.70. The van der Waals surface area contributed by atoms with E-state index in [0.717, 1.165) is 17.7 Å². The molecule has 1 unspecified atom stereocenters. The van der Waals surface area contributed by atoms with E-state index in [-0.39, 0.29) is 11.3 Å². The fourth-order valence-corrected chi connectivity index (χ4v) is 1.64. The molecule has 0 radical (unpaired) electrons. The van der Waals surface area contributed by atoms with Crippen molar-refractivity contribution in [2.24, 2.45) is 10.7 Å². The third-order valence-electron chi connectivity index (χ3n) is 2.67. The number of aromatic nitrogens is 1. The number of rotatable bonds is 5. The number of aryl methyl sites for hydroxylation is 1. The molecule has 0 aromatic carbocycles. The molecule has 0 bridgehead atoms. The van der Waals surface area contributed by atoms with Crippen molar-refractivity contribution >= 4 is 23.3 Å². The van der Waals surface area contributed by atoms with Gasteiger partial charge in [-0.2, -0.15) is 0 Å². The Labute approximate surface area is 124 Å². The summed E-state index contributed by atoms with van der Waals surface area (Å²) in [5.41, 5.74) is 7.65. The number of thiocarbonyl (C=S) groups is 1. The number of nitrogens with one attached hydrogen (secondary N) is 2. The SMILES string of the molecule is COC(C)NC(=NCCc1ncccc1C)NC(N)=S. The fraction of sp³-hybridized carbons (Fsp3) is 0.462. The zero-order valence-electron chi connectivity index (χ0n) is 12.0. The lowest BCUT2D eigenvalue weighted by Gasteiger charge is -2.16. The molecule has 20 heavy (non-hydrogen) atoms. The number of nitrogens with two attached hydrogens (primary N) is 1. The second kappa shape index (κ2) is 8.44. The van der Waals surface area contributed by atoms with Crippen molar-refractivity contribution < 1.29 is 4.74 Å². The van der Waals surface area contributed by atoms with E-state index in [4.69, 9.17) is 22.7 Å². The quantitative estimate of drug-likeness (QED) is 0.321. The Morgan fingerprint density at radius 1 is 1.60 bits per heavy atom. The number of hydrogen-bond donors (Lipinski definition) is 3.